The van der Waals surface area contributed by atoms with Gasteiger partial charge in [0.25, 0.3) is 5.91 Å². The van der Waals surface area contributed by atoms with Gasteiger partial charge in [0.15, 0.2) is 5.69 Å². The summed E-state index contributed by atoms with van der Waals surface area (Å²) in [5.74, 6) is 0.0666. The molecule has 1 N–H and O–H groups in total. The second-order valence-corrected chi connectivity index (χ2v) is 5.90. The molecule has 0 radical (unpaired) electrons. The summed E-state index contributed by atoms with van der Waals surface area (Å²) in [5, 5.41) is 11.0. The second kappa shape index (κ2) is 6.47. The average Bonchev–Trinajstić information content (AvgIpc) is 3.13. The highest BCUT2D eigenvalue weighted by Gasteiger charge is 2.17. The lowest BCUT2D eigenvalue weighted by Gasteiger charge is -2.28. The van der Waals surface area contributed by atoms with E-state index < -0.39 is 0 Å². The van der Waals surface area contributed by atoms with Gasteiger partial charge in [-0.05, 0) is 42.5 Å². The molecule has 0 fully saturated rings. The van der Waals surface area contributed by atoms with Crippen LogP contribution in [-0.2, 0) is 0 Å². The smallest absolute Gasteiger partial charge is 0.277 e. The zero-order valence-corrected chi connectivity index (χ0v) is 14.0. The Hall–Kier alpha value is -3.42. The van der Waals surface area contributed by atoms with E-state index in [1.807, 2.05) is 19.2 Å². The highest BCUT2D eigenvalue weighted by atomic mass is 19.1. The van der Waals surface area contributed by atoms with Crippen LogP contribution >= 0.6 is 0 Å². The van der Waals surface area contributed by atoms with E-state index in [-0.39, 0.29) is 17.4 Å². The topological polar surface area (TPSA) is 72.3 Å². The number of carbonyl (C=O) groups is 1. The Kier molecular flexibility index (Phi) is 4.00. The van der Waals surface area contributed by atoms with Crippen molar-refractivity contribution >= 4 is 17.3 Å². The standard InChI is InChI=1S/C18H16FN5O2/c1-23-8-9-26-17-7-4-13(10-16(17)23)21-18(25)15-11-20-24(22-15)14-5-2-12(19)3-6-14/h2-7,10-11H,8-9H2,1H3,(H,21,25). The van der Waals surface area contributed by atoms with Gasteiger partial charge in [0.05, 0.1) is 24.1 Å². The zero-order chi connectivity index (χ0) is 18.1. The van der Waals surface area contributed by atoms with Crippen LogP contribution in [0.4, 0.5) is 15.8 Å². The average molecular weight is 353 g/mol. The van der Waals surface area contributed by atoms with E-state index in [0.29, 0.717) is 18.0 Å². The summed E-state index contributed by atoms with van der Waals surface area (Å²) in [6.07, 6.45) is 1.37. The molecular weight excluding hydrogens is 337 g/mol. The van der Waals surface area contributed by atoms with Crippen molar-refractivity contribution in [3.05, 3.63) is 60.2 Å². The van der Waals surface area contributed by atoms with E-state index in [0.717, 1.165) is 18.0 Å². The van der Waals surface area contributed by atoms with Crippen LogP contribution in [0.3, 0.4) is 0 Å². The van der Waals surface area contributed by atoms with Crippen LogP contribution in [0.5, 0.6) is 5.75 Å². The number of carbonyl (C=O) groups excluding carboxylic acids is 1. The number of anilines is 2. The number of amides is 1. The molecule has 1 aliphatic rings. The van der Waals surface area contributed by atoms with Gasteiger partial charge in [-0.3, -0.25) is 4.79 Å². The number of hydrogen-bond donors (Lipinski definition) is 1. The third-order valence-electron chi connectivity index (χ3n) is 4.09. The van der Waals surface area contributed by atoms with E-state index in [4.69, 9.17) is 4.74 Å². The molecule has 1 amide bonds. The number of aromatic nitrogens is 3. The van der Waals surface area contributed by atoms with Crippen LogP contribution in [0.1, 0.15) is 10.5 Å². The molecule has 2 aromatic carbocycles. The lowest BCUT2D eigenvalue weighted by Crippen LogP contribution is -2.28. The van der Waals surface area contributed by atoms with Crippen molar-refractivity contribution in [3.8, 4) is 11.4 Å². The third kappa shape index (κ3) is 3.08. The monoisotopic (exact) mass is 353 g/mol. The molecule has 1 aliphatic heterocycles. The van der Waals surface area contributed by atoms with Crippen LogP contribution in [-0.4, -0.2) is 41.1 Å². The molecule has 0 saturated carbocycles. The molecule has 2 heterocycles. The quantitative estimate of drug-likeness (QED) is 0.783. The molecule has 0 spiro atoms. The summed E-state index contributed by atoms with van der Waals surface area (Å²) < 4.78 is 18.6. The first kappa shape index (κ1) is 16.1. The van der Waals surface area contributed by atoms with Gasteiger partial charge in [-0.2, -0.15) is 9.90 Å². The first-order valence-corrected chi connectivity index (χ1v) is 8.08. The summed E-state index contributed by atoms with van der Waals surface area (Å²) >= 11 is 0. The molecule has 8 heteroatoms. The fourth-order valence-corrected chi connectivity index (χ4v) is 2.69. The van der Waals surface area contributed by atoms with Crippen molar-refractivity contribution in [1.82, 2.24) is 15.0 Å². The summed E-state index contributed by atoms with van der Waals surface area (Å²) in [6, 6.07) is 11.2. The van der Waals surface area contributed by atoms with Gasteiger partial charge >= 0.3 is 0 Å². The first-order valence-electron chi connectivity index (χ1n) is 8.08. The van der Waals surface area contributed by atoms with Crippen LogP contribution in [0, 0.1) is 5.82 Å². The number of fused-ring (bicyclic) bond motifs is 1. The largest absolute Gasteiger partial charge is 0.490 e. The minimum Gasteiger partial charge on any atom is -0.490 e. The van der Waals surface area contributed by atoms with Crippen LogP contribution < -0.4 is 15.0 Å². The normalized spacial score (nSPS) is 13.1. The predicted octanol–water partition coefficient (Wildman–Crippen LogP) is 2.49. The van der Waals surface area contributed by atoms with Crippen LogP contribution in [0.25, 0.3) is 5.69 Å². The van der Waals surface area contributed by atoms with Gasteiger partial charge in [0.2, 0.25) is 0 Å². The van der Waals surface area contributed by atoms with Crippen molar-refractivity contribution in [3.63, 3.8) is 0 Å². The summed E-state index contributed by atoms with van der Waals surface area (Å²) in [6.45, 7) is 1.43. The number of nitrogens with zero attached hydrogens (tertiary/aromatic N) is 4. The van der Waals surface area contributed by atoms with Gasteiger partial charge in [-0.1, -0.05) is 0 Å². The Morgan fingerprint density at radius 2 is 2.04 bits per heavy atom. The molecule has 0 unspecified atom stereocenters. The van der Waals surface area contributed by atoms with Gasteiger partial charge in [-0.25, -0.2) is 4.39 Å². The lowest BCUT2D eigenvalue weighted by atomic mass is 10.2. The Labute approximate surface area is 149 Å². The molecule has 3 aromatic rings. The zero-order valence-electron chi connectivity index (χ0n) is 14.0. The Morgan fingerprint density at radius 3 is 2.85 bits per heavy atom. The fourth-order valence-electron chi connectivity index (χ4n) is 2.69. The SMILES string of the molecule is CN1CCOc2ccc(NC(=O)c3cnn(-c4ccc(F)cc4)n3)cc21. The highest BCUT2D eigenvalue weighted by molar-refractivity contribution is 6.03. The van der Waals surface area contributed by atoms with Gasteiger partial charge in [-0.15, -0.1) is 5.10 Å². The van der Waals surface area contributed by atoms with Gasteiger partial charge in [0.1, 0.15) is 18.2 Å². The number of likely N-dealkylation sites (N-methyl/N-ethyl adjacent to an activating group) is 1. The molecule has 0 aliphatic carbocycles. The van der Waals surface area contributed by atoms with Crippen LogP contribution in [0.2, 0.25) is 0 Å². The van der Waals surface area contributed by atoms with Crippen molar-refractivity contribution in [2.75, 3.05) is 30.4 Å². The minimum absolute atomic E-state index is 0.164. The summed E-state index contributed by atoms with van der Waals surface area (Å²) in [7, 11) is 1.97. The van der Waals surface area contributed by atoms with E-state index in [2.05, 4.69) is 20.4 Å². The molecule has 4 rings (SSSR count). The molecular formula is C18H16FN5O2. The van der Waals surface area contributed by atoms with Crippen molar-refractivity contribution in [2.45, 2.75) is 0 Å². The number of ether oxygens (including phenoxy) is 1. The number of halogens is 1. The molecule has 0 saturated heterocycles. The number of hydrogen-bond acceptors (Lipinski definition) is 5. The molecule has 7 nitrogen and oxygen atoms in total. The first-order chi connectivity index (χ1) is 12.6. The molecule has 0 bridgehead atoms. The maximum atomic E-state index is 13.0. The van der Waals surface area contributed by atoms with E-state index in [9.17, 15) is 9.18 Å². The molecule has 1 aromatic heterocycles. The minimum atomic E-state index is -0.377. The fraction of sp³-hybridized carbons (Fsp3) is 0.167. The van der Waals surface area contributed by atoms with Crippen molar-refractivity contribution < 1.29 is 13.9 Å². The molecule has 0 atom stereocenters. The summed E-state index contributed by atoms with van der Waals surface area (Å²) in [4.78, 5) is 15.8. The van der Waals surface area contributed by atoms with Gasteiger partial charge < -0.3 is 15.0 Å². The molecule has 132 valence electrons. The van der Waals surface area contributed by atoms with E-state index >= 15 is 0 Å². The van der Waals surface area contributed by atoms with Crippen LogP contribution in [0.15, 0.2) is 48.7 Å². The Balaban J connectivity index is 1.52. The maximum absolute atomic E-state index is 13.0. The second-order valence-electron chi connectivity index (χ2n) is 5.90. The number of nitrogens with one attached hydrogen (secondary N) is 1. The Morgan fingerprint density at radius 1 is 1.23 bits per heavy atom. The predicted molar refractivity (Wildman–Crippen MR) is 94.5 cm³/mol. The number of rotatable bonds is 3. The Bertz CT molecular complexity index is 954. The van der Waals surface area contributed by atoms with E-state index in [1.54, 1.807) is 6.07 Å². The summed E-state index contributed by atoms with van der Waals surface area (Å²) in [5.41, 5.74) is 2.29. The molecule has 26 heavy (non-hydrogen) atoms. The van der Waals surface area contributed by atoms with E-state index in [1.165, 1.54) is 35.3 Å². The highest BCUT2D eigenvalue weighted by Crippen LogP contribution is 2.33. The third-order valence-corrected chi connectivity index (χ3v) is 4.09. The van der Waals surface area contributed by atoms with Crippen molar-refractivity contribution in [2.24, 2.45) is 0 Å². The lowest BCUT2D eigenvalue weighted by molar-refractivity contribution is 0.102. The maximum Gasteiger partial charge on any atom is 0.277 e. The van der Waals surface area contributed by atoms with Gasteiger partial charge in [0, 0.05) is 12.7 Å². The van der Waals surface area contributed by atoms with Crippen molar-refractivity contribution in [1.29, 1.82) is 0 Å². The number of benzene rings is 2.